The molecule has 0 spiro atoms. The van der Waals surface area contributed by atoms with Gasteiger partial charge in [0, 0.05) is 24.7 Å². The minimum atomic E-state index is 0.295. The van der Waals surface area contributed by atoms with Crippen molar-refractivity contribution < 1.29 is 0 Å². The van der Waals surface area contributed by atoms with Gasteiger partial charge in [-0.3, -0.25) is 4.90 Å². The highest BCUT2D eigenvalue weighted by Crippen LogP contribution is 2.37. The molecule has 1 N–H and O–H groups in total. The van der Waals surface area contributed by atoms with Crippen LogP contribution < -0.4 is 5.32 Å². The lowest BCUT2D eigenvalue weighted by Gasteiger charge is -2.45. The van der Waals surface area contributed by atoms with E-state index in [1.165, 1.54) is 38.9 Å². The maximum atomic E-state index is 3.72. The highest BCUT2D eigenvalue weighted by molar-refractivity contribution is 4.98. The zero-order valence-corrected chi connectivity index (χ0v) is 12.3. The molecule has 17 heavy (non-hydrogen) atoms. The Balaban J connectivity index is 1.93. The van der Waals surface area contributed by atoms with Crippen molar-refractivity contribution in [1.82, 2.24) is 10.2 Å². The summed E-state index contributed by atoms with van der Waals surface area (Å²) < 4.78 is 0. The summed E-state index contributed by atoms with van der Waals surface area (Å²) in [6, 6.07) is 0.811. The molecule has 1 saturated heterocycles. The van der Waals surface area contributed by atoms with Gasteiger partial charge in [-0.25, -0.2) is 0 Å². The smallest absolute Gasteiger partial charge is 0.0252 e. The number of hydrogen-bond acceptors (Lipinski definition) is 2. The van der Waals surface area contributed by atoms with Crippen molar-refractivity contribution in [1.29, 1.82) is 0 Å². The quantitative estimate of drug-likeness (QED) is 0.813. The van der Waals surface area contributed by atoms with E-state index in [1.807, 2.05) is 0 Å². The first-order valence-electron chi connectivity index (χ1n) is 7.26. The SMILES string of the molecule is CC(C)(C)CCN1CC(C)(C)NCC1C1CC1. The van der Waals surface area contributed by atoms with Gasteiger partial charge in [0.1, 0.15) is 0 Å². The maximum absolute atomic E-state index is 3.72. The van der Waals surface area contributed by atoms with E-state index in [-0.39, 0.29) is 0 Å². The Labute approximate surface area is 107 Å². The number of nitrogens with one attached hydrogen (secondary N) is 1. The average Bonchev–Trinajstić information content (AvgIpc) is 2.96. The van der Waals surface area contributed by atoms with Gasteiger partial charge in [-0.05, 0) is 51.0 Å². The lowest BCUT2D eigenvalue weighted by molar-refractivity contribution is 0.0723. The Morgan fingerprint density at radius 3 is 2.41 bits per heavy atom. The third kappa shape index (κ3) is 3.96. The van der Waals surface area contributed by atoms with Crippen LogP contribution in [0.25, 0.3) is 0 Å². The molecule has 1 atom stereocenters. The summed E-state index contributed by atoms with van der Waals surface area (Å²) in [5, 5.41) is 3.72. The van der Waals surface area contributed by atoms with Crippen LogP contribution in [0.2, 0.25) is 0 Å². The van der Waals surface area contributed by atoms with E-state index in [0.29, 0.717) is 11.0 Å². The van der Waals surface area contributed by atoms with Crippen molar-refractivity contribution >= 4 is 0 Å². The van der Waals surface area contributed by atoms with E-state index < -0.39 is 0 Å². The lowest BCUT2D eigenvalue weighted by atomic mass is 9.90. The lowest BCUT2D eigenvalue weighted by Crippen LogP contribution is -2.62. The molecule has 0 aromatic rings. The molecule has 2 heteroatoms. The van der Waals surface area contributed by atoms with Gasteiger partial charge in [0.15, 0.2) is 0 Å². The Morgan fingerprint density at radius 1 is 1.24 bits per heavy atom. The largest absolute Gasteiger partial charge is 0.309 e. The van der Waals surface area contributed by atoms with Gasteiger partial charge in [-0.2, -0.15) is 0 Å². The van der Waals surface area contributed by atoms with E-state index >= 15 is 0 Å². The van der Waals surface area contributed by atoms with Gasteiger partial charge in [-0.15, -0.1) is 0 Å². The fourth-order valence-corrected chi connectivity index (χ4v) is 2.86. The summed E-state index contributed by atoms with van der Waals surface area (Å²) in [5.41, 5.74) is 0.756. The number of nitrogens with zero attached hydrogens (tertiary/aromatic N) is 1. The monoisotopic (exact) mass is 238 g/mol. The van der Waals surface area contributed by atoms with Gasteiger partial charge in [0.05, 0.1) is 0 Å². The molecule has 2 fully saturated rings. The van der Waals surface area contributed by atoms with E-state index in [9.17, 15) is 0 Å². The van der Waals surface area contributed by atoms with Crippen molar-refractivity contribution in [2.24, 2.45) is 11.3 Å². The summed E-state index contributed by atoms with van der Waals surface area (Å²) in [7, 11) is 0. The first-order valence-corrected chi connectivity index (χ1v) is 7.26. The molecule has 0 aromatic heterocycles. The second-order valence-electron chi connectivity index (χ2n) is 7.95. The van der Waals surface area contributed by atoms with E-state index in [1.54, 1.807) is 0 Å². The van der Waals surface area contributed by atoms with Gasteiger partial charge in [0.25, 0.3) is 0 Å². The molecule has 2 aliphatic rings. The summed E-state index contributed by atoms with van der Waals surface area (Å²) in [5.74, 6) is 0.985. The van der Waals surface area contributed by atoms with Crippen molar-refractivity contribution in [2.75, 3.05) is 19.6 Å². The fourth-order valence-electron chi connectivity index (χ4n) is 2.86. The first-order chi connectivity index (χ1) is 7.77. The number of rotatable bonds is 3. The molecule has 2 rings (SSSR count). The minimum Gasteiger partial charge on any atom is -0.309 e. The van der Waals surface area contributed by atoms with E-state index in [2.05, 4.69) is 44.8 Å². The normalized spacial score (nSPS) is 30.5. The van der Waals surface area contributed by atoms with Crippen LogP contribution in [0.3, 0.4) is 0 Å². The Hall–Kier alpha value is -0.0800. The highest BCUT2D eigenvalue weighted by Gasteiger charge is 2.40. The predicted molar refractivity (Wildman–Crippen MR) is 74.2 cm³/mol. The van der Waals surface area contributed by atoms with Crippen molar-refractivity contribution in [3.8, 4) is 0 Å². The van der Waals surface area contributed by atoms with E-state index in [0.717, 1.165) is 12.0 Å². The Morgan fingerprint density at radius 2 is 1.88 bits per heavy atom. The average molecular weight is 238 g/mol. The topological polar surface area (TPSA) is 15.3 Å². The van der Waals surface area contributed by atoms with E-state index in [4.69, 9.17) is 0 Å². The van der Waals surface area contributed by atoms with Crippen LogP contribution in [0.1, 0.15) is 53.9 Å². The summed E-state index contributed by atoms with van der Waals surface area (Å²) in [6.07, 6.45) is 4.23. The molecule has 1 aliphatic heterocycles. The van der Waals surface area contributed by atoms with Crippen LogP contribution in [0.5, 0.6) is 0 Å². The second-order valence-corrected chi connectivity index (χ2v) is 7.95. The molecule has 1 aliphatic carbocycles. The summed E-state index contributed by atoms with van der Waals surface area (Å²) >= 11 is 0. The number of piperazine rings is 1. The van der Waals surface area contributed by atoms with Crippen molar-refractivity contribution in [3.63, 3.8) is 0 Å². The number of hydrogen-bond donors (Lipinski definition) is 1. The van der Waals surface area contributed by atoms with Crippen LogP contribution >= 0.6 is 0 Å². The Bertz CT molecular complexity index is 261. The van der Waals surface area contributed by atoms with Crippen LogP contribution in [-0.4, -0.2) is 36.1 Å². The molecule has 1 heterocycles. The molecule has 0 radical (unpaired) electrons. The molecule has 0 aromatic carbocycles. The Kier molecular flexibility index (Phi) is 3.57. The second kappa shape index (κ2) is 4.55. The molecule has 0 amide bonds. The minimum absolute atomic E-state index is 0.295. The van der Waals surface area contributed by atoms with Crippen LogP contribution in [0.15, 0.2) is 0 Å². The molecular formula is C15H30N2. The van der Waals surface area contributed by atoms with Crippen molar-refractivity contribution in [3.05, 3.63) is 0 Å². The van der Waals surface area contributed by atoms with Crippen molar-refractivity contribution in [2.45, 2.75) is 65.5 Å². The predicted octanol–water partition coefficient (Wildman–Crippen LogP) is 2.89. The first kappa shape index (κ1) is 13.4. The third-order valence-corrected chi connectivity index (χ3v) is 4.17. The van der Waals surface area contributed by atoms with Gasteiger partial charge in [0.2, 0.25) is 0 Å². The van der Waals surface area contributed by atoms with Gasteiger partial charge >= 0.3 is 0 Å². The van der Waals surface area contributed by atoms with Gasteiger partial charge in [-0.1, -0.05) is 20.8 Å². The highest BCUT2D eigenvalue weighted by atomic mass is 15.3. The fraction of sp³-hybridized carbons (Fsp3) is 1.00. The molecule has 1 saturated carbocycles. The van der Waals surface area contributed by atoms with Gasteiger partial charge < -0.3 is 5.32 Å². The van der Waals surface area contributed by atoms with Crippen LogP contribution in [0.4, 0.5) is 0 Å². The molecule has 1 unspecified atom stereocenters. The summed E-state index contributed by atoms with van der Waals surface area (Å²) in [4.78, 5) is 2.76. The maximum Gasteiger partial charge on any atom is 0.0252 e. The van der Waals surface area contributed by atoms with Crippen LogP contribution in [0, 0.1) is 11.3 Å². The third-order valence-electron chi connectivity index (χ3n) is 4.17. The van der Waals surface area contributed by atoms with Crippen LogP contribution in [-0.2, 0) is 0 Å². The molecule has 0 bridgehead atoms. The molecular weight excluding hydrogens is 208 g/mol. The zero-order chi connectivity index (χ0) is 12.7. The zero-order valence-electron chi connectivity index (χ0n) is 12.3. The molecule has 100 valence electrons. The summed E-state index contributed by atoms with van der Waals surface area (Å²) in [6.45, 7) is 15.4. The standard InChI is InChI=1S/C15H30N2/c1-14(2,3)8-9-17-11-15(4,5)16-10-13(17)12-6-7-12/h12-13,16H,6-11H2,1-5H3. The molecule has 2 nitrogen and oxygen atoms in total.